The van der Waals surface area contributed by atoms with E-state index in [4.69, 9.17) is 11.6 Å². The first-order chi connectivity index (χ1) is 9.42. The van der Waals surface area contributed by atoms with E-state index in [1.807, 2.05) is 35.6 Å². The summed E-state index contributed by atoms with van der Waals surface area (Å²) in [6.45, 7) is 4.17. The van der Waals surface area contributed by atoms with Crippen LogP contribution in [-0.4, -0.2) is 9.55 Å². The number of fused-ring (bicyclic) bond motifs is 1. The van der Waals surface area contributed by atoms with Crippen molar-refractivity contribution in [1.82, 2.24) is 9.55 Å². The van der Waals surface area contributed by atoms with Crippen LogP contribution in [0.2, 0.25) is 0 Å². The van der Waals surface area contributed by atoms with E-state index in [1.54, 1.807) is 6.07 Å². The van der Waals surface area contributed by atoms with Gasteiger partial charge in [0.15, 0.2) is 0 Å². The van der Waals surface area contributed by atoms with Crippen molar-refractivity contribution in [3.63, 3.8) is 0 Å². The van der Waals surface area contributed by atoms with Crippen molar-refractivity contribution in [3.8, 4) is 0 Å². The largest absolute Gasteiger partial charge is 0.321 e. The molecule has 3 rings (SSSR count). The molecule has 108 valence electrons. The normalized spacial score (nSPS) is 19.6. The molecule has 0 N–H and O–H groups in total. The Morgan fingerprint density at radius 2 is 2.05 bits per heavy atom. The Morgan fingerprint density at radius 3 is 2.65 bits per heavy atom. The van der Waals surface area contributed by atoms with Crippen LogP contribution in [0.3, 0.4) is 0 Å². The maximum absolute atomic E-state index is 14.0. The molecule has 0 amide bonds. The lowest BCUT2D eigenvalue weighted by atomic mass is 9.99. The summed E-state index contributed by atoms with van der Waals surface area (Å²) in [6, 6.07) is 3.42. The van der Waals surface area contributed by atoms with Crippen LogP contribution >= 0.6 is 34.2 Å². The van der Waals surface area contributed by atoms with Crippen molar-refractivity contribution < 1.29 is 4.39 Å². The predicted molar refractivity (Wildman–Crippen MR) is 88.8 cm³/mol. The number of nitrogens with zero attached hydrogens (tertiary/aromatic N) is 2. The molecule has 1 aromatic carbocycles. The van der Waals surface area contributed by atoms with Gasteiger partial charge in [-0.3, -0.25) is 0 Å². The molecular weight excluding hydrogens is 390 g/mol. The van der Waals surface area contributed by atoms with Crippen molar-refractivity contribution in [3.05, 3.63) is 27.3 Å². The Bertz CT molecular complexity index is 659. The molecule has 2 aromatic rings. The van der Waals surface area contributed by atoms with Gasteiger partial charge >= 0.3 is 0 Å². The molecular formula is C15H17ClFIN2. The van der Waals surface area contributed by atoms with Crippen molar-refractivity contribution in [1.29, 1.82) is 0 Å². The van der Waals surface area contributed by atoms with Gasteiger partial charge in [-0.05, 0) is 55.3 Å². The van der Waals surface area contributed by atoms with Crippen LogP contribution in [-0.2, 0) is 5.54 Å². The van der Waals surface area contributed by atoms with Crippen LogP contribution in [0.25, 0.3) is 11.0 Å². The summed E-state index contributed by atoms with van der Waals surface area (Å²) in [5.41, 5.74) is 1.72. The molecule has 20 heavy (non-hydrogen) atoms. The predicted octanol–water partition coefficient (Wildman–Crippen LogP) is 5.37. The molecule has 1 heterocycles. The Kier molecular flexibility index (Phi) is 3.73. The highest BCUT2D eigenvalue weighted by Crippen LogP contribution is 2.41. The number of aromatic nitrogens is 2. The molecule has 1 saturated carbocycles. The second-order valence-corrected chi connectivity index (χ2v) is 7.70. The fourth-order valence-corrected chi connectivity index (χ4v) is 3.88. The number of hydrogen-bond acceptors (Lipinski definition) is 1. The number of halogens is 3. The van der Waals surface area contributed by atoms with Gasteiger partial charge in [-0.2, -0.15) is 0 Å². The minimum absolute atomic E-state index is 0.00641. The smallest absolute Gasteiger partial charge is 0.138 e. The lowest BCUT2D eigenvalue weighted by molar-refractivity contribution is 0.328. The van der Waals surface area contributed by atoms with Gasteiger partial charge in [-0.25, -0.2) is 9.37 Å². The first-order valence-corrected chi connectivity index (χ1v) is 8.46. The van der Waals surface area contributed by atoms with Crippen LogP contribution in [0, 0.1) is 9.39 Å². The third-order valence-electron chi connectivity index (χ3n) is 4.30. The molecule has 0 radical (unpaired) electrons. The van der Waals surface area contributed by atoms with Gasteiger partial charge in [-0.15, -0.1) is 11.6 Å². The van der Waals surface area contributed by atoms with Gasteiger partial charge in [0, 0.05) is 11.6 Å². The van der Waals surface area contributed by atoms with E-state index in [0.29, 0.717) is 3.57 Å². The molecule has 5 heteroatoms. The van der Waals surface area contributed by atoms with Crippen molar-refractivity contribution in [2.75, 3.05) is 0 Å². The maximum Gasteiger partial charge on any atom is 0.138 e. The van der Waals surface area contributed by atoms with Crippen molar-refractivity contribution >= 4 is 45.2 Å². The SMILES string of the molecule is CC(Cl)c1nc2cc(I)c(F)cc2n1C1(C)CCCC1. The molecule has 1 aromatic heterocycles. The lowest BCUT2D eigenvalue weighted by Crippen LogP contribution is -2.28. The lowest BCUT2D eigenvalue weighted by Gasteiger charge is -2.29. The Labute approximate surface area is 136 Å². The third-order valence-corrected chi connectivity index (χ3v) is 5.32. The van der Waals surface area contributed by atoms with Gasteiger partial charge in [0.1, 0.15) is 11.6 Å². The highest BCUT2D eigenvalue weighted by molar-refractivity contribution is 14.1. The van der Waals surface area contributed by atoms with E-state index in [1.165, 1.54) is 12.8 Å². The van der Waals surface area contributed by atoms with Gasteiger partial charge in [-0.1, -0.05) is 12.8 Å². The standard InChI is InChI=1S/C15H17ClFIN2/c1-9(16)14-19-12-8-11(18)10(17)7-13(12)20(14)15(2)5-3-4-6-15/h7-9H,3-6H2,1-2H3. The zero-order valence-electron chi connectivity index (χ0n) is 11.6. The first-order valence-electron chi connectivity index (χ1n) is 6.94. The summed E-state index contributed by atoms with van der Waals surface area (Å²) in [5, 5.41) is -0.180. The Hall–Kier alpha value is -0.360. The summed E-state index contributed by atoms with van der Waals surface area (Å²) in [5.74, 6) is 0.669. The molecule has 1 unspecified atom stereocenters. The van der Waals surface area contributed by atoms with Crippen LogP contribution in [0.1, 0.15) is 50.7 Å². The van der Waals surface area contributed by atoms with E-state index in [-0.39, 0.29) is 16.7 Å². The Morgan fingerprint density at radius 1 is 1.40 bits per heavy atom. The quantitative estimate of drug-likeness (QED) is 0.484. The number of hydrogen-bond donors (Lipinski definition) is 0. The summed E-state index contributed by atoms with van der Waals surface area (Å²) in [4.78, 5) is 4.66. The molecule has 1 aliphatic carbocycles. The van der Waals surface area contributed by atoms with E-state index >= 15 is 0 Å². The summed E-state index contributed by atoms with van der Waals surface area (Å²) < 4.78 is 16.8. The van der Waals surface area contributed by atoms with Crippen LogP contribution in [0.4, 0.5) is 4.39 Å². The van der Waals surface area contributed by atoms with Gasteiger partial charge in [0.05, 0.1) is 20.0 Å². The average Bonchev–Trinajstić information content (AvgIpc) is 2.95. The summed E-state index contributed by atoms with van der Waals surface area (Å²) in [6.07, 6.45) is 4.61. The highest BCUT2D eigenvalue weighted by atomic mass is 127. The second-order valence-electron chi connectivity index (χ2n) is 5.88. The molecule has 1 fully saturated rings. The van der Waals surface area contributed by atoms with Crippen molar-refractivity contribution in [2.24, 2.45) is 0 Å². The zero-order valence-corrected chi connectivity index (χ0v) is 14.5. The molecule has 0 bridgehead atoms. The number of benzene rings is 1. The van der Waals surface area contributed by atoms with Gasteiger partial charge < -0.3 is 4.57 Å². The topological polar surface area (TPSA) is 17.8 Å². The molecule has 0 saturated heterocycles. The second kappa shape index (κ2) is 5.13. The van der Waals surface area contributed by atoms with Gasteiger partial charge in [0.25, 0.3) is 0 Å². The third kappa shape index (κ3) is 2.25. The first kappa shape index (κ1) is 14.6. The Balaban J connectivity index is 2.31. The van der Waals surface area contributed by atoms with Crippen molar-refractivity contribution in [2.45, 2.75) is 50.4 Å². The molecule has 0 aliphatic heterocycles. The fraction of sp³-hybridized carbons (Fsp3) is 0.533. The number of rotatable bonds is 2. The summed E-state index contributed by atoms with van der Waals surface area (Å²) in [7, 11) is 0. The van der Waals surface area contributed by atoms with Gasteiger partial charge in [0.2, 0.25) is 0 Å². The highest BCUT2D eigenvalue weighted by Gasteiger charge is 2.35. The molecule has 2 nitrogen and oxygen atoms in total. The fourth-order valence-electron chi connectivity index (χ4n) is 3.29. The van der Waals surface area contributed by atoms with E-state index in [2.05, 4.69) is 16.5 Å². The molecule has 1 aliphatic rings. The van der Waals surface area contributed by atoms with Crippen LogP contribution in [0.15, 0.2) is 12.1 Å². The van der Waals surface area contributed by atoms with Crippen LogP contribution in [0.5, 0.6) is 0 Å². The van der Waals surface area contributed by atoms with E-state index in [0.717, 1.165) is 29.7 Å². The number of imidazole rings is 1. The van der Waals surface area contributed by atoms with E-state index in [9.17, 15) is 4.39 Å². The maximum atomic E-state index is 14.0. The zero-order chi connectivity index (χ0) is 14.5. The average molecular weight is 407 g/mol. The minimum Gasteiger partial charge on any atom is -0.321 e. The van der Waals surface area contributed by atoms with Crippen LogP contribution < -0.4 is 0 Å². The minimum atomic E-state index is -0.186. The summed E-state index contributed by atoms with van der Waals surface area (Å²) >= 11 is 8.33. The molecule has 1 atom stereocenters. The van der Waals surface area contributed by atoms with E-state index < -0.39 is 0 Å². The monoisotopic (exact) mass is 406 g/mol. The molecule has 0 spiro atoms. The number of alkyl halides is 1.